The summed E-state index contributed by atoms with van der Waals surface area (Å²) < 4.78 is 10.4. The zero-order chi connectivity index (χ0) is 14.1. The Labute approximate surface area is 120 Å². The van der Waals surface area contributed by atoms with E-state index in [1.165, 1.54) is 25.7 Å². The highest BCUT2D eigenvalue weighted by atomic mass is 16.5. The number of ether oxygens (including phenoxy) is 2. The predicted octanol–water partition coefficient (Wildman–Crippen LogP) is 2.73. The quantitative estimate of drug-likeness (QED) is 0.897. The zero-order valence-corrected chi connectivity index (χ0v) is 12.4. The topological polar surface area (TPSA) is 56.3 Å². The second-order valence-corrected chi connectivity index (χ2v) is 6.05. The van der Waals surface area contributed by atoms with Gasteiger partial charge < -0.3 is 14.8 Å². The van der Waals surface area contributed by atoms with Crippen LogP contribution in [0.1, 0.15) is 32.6 Å². The van der Waals surface area contributed by atoms with E-state index in [9.17, 15) is 0 Å². The monoisotopic (exact) mass is 277 g/mol. The Bertz CT molecular complexity index is 458. The number of rotatable bonds is 5. The fourth-order valence-corrected chi connectivity index (χ4v) is 3.89. The molecule has 0 spiro atoms. The van der Waals surface area contributed by atoms with Gasteiger partial charge in [0.1, 0.15) is 0 Å². The van der Waals surface area contributed by atoms with Crippen LogP contribution in [0.4, 0.5) is 5.95 Å². The van der Waals surface area contributed by atoms with Crippen LogP contribution in [-0.4, -0.2) is 30.2 Å². The maximum atomic E-state index is 5.18. The van der Waals surface area contributed by atoms with E-state index >= 15 is 0 Å². The average Bonchev–Trinajstić information content (AvgIpc) is 3.09. The molecular formula is C15H23N3O2. The first-order valence-corrected chi connectivity index (χ1v) is 7.43. The smallest absolute Gasteiger partial charge is 0.229 e. The number of methoxy groups -OCH3 is 2. The molecule has 0 radical (unpaired) electrons. The van der Waals surface area contributed by atoms with E-state index in [4.69, 9.17) is 9.47 Å². The first-order valence-electron chi connectivity index (χ1n) is 7.43. The van der Waals surface area contributed by atoms with E-state index in [-0.39, 0.29) is 0 Å². The molecule has 4 unspecified atom stereocenters. The lowest BCUT2D eigenvalue weighted by Gasteiger charge is -2.28. The van der Waals surface area contributed by atoms with Crippen LogP contribution in [0.25, 0.3) is 0 Å². The zero-order valence-electron chi connectivity index (χ0n) is 12.4. The lowest BCUT2D eigenvalue weighted by molar-refractivity contribution is 0.303. The van der Waals surface area contributed by atoms with Gasteiger partial charge in [-0.25, -0.2) is 0 Å². The van der Waals surface area contributed by atoms with Crippen molar-refractivity contribution >= 4 is 5.95 Å². The van der Waals surface area contributed by atoms with Gasteiger partial charge >= 0.3 is 0 Å². The van der Waals surface area contributed by atoms with Crippen LogP contribution in [0, 0.1) is 17.8 Å². The number of anilines is 1. The highest BCUT2D eigenvalue weighted by Gasteiger charge is 2.41. The molecule has 2 bridgehead atoms. The molecule has 5 nitrogen and oxygen atoms in total. The van der Waals surface area contributed by atoms with Gasteiger partial charge in [0.2, 0.25) is 17.7 Å². The summed E-state index contributed by atoms with van der Waals surface area (Å²) in [5.74, 6) is 4.23. The number of hydrogen-bond donors (Lipinski definition) is 1. The van der Waals surface area contributed by atoms with E-state index in [2.05, 4.69) is 22.2 Å². The fraction of sp³-hybridized carbons (Fsp3) is 0.733. The summed E-state index contributed by atoms with van der Waals surface area (Å²) in [4.78, 5) is 8.70. The number of hydrogen-bond acceptors (Lipinski definition) is 5. The highest BCUT2D eigenvalue weighted by molar-refractivity contribution is 5.34. The fourth-order valence-electron chi connectivity index (χ4n) is 3.89. The van der Waals surface area contributed by atoms with Gasteiger partial charge in [-0.2, -0.15) is 9.97 Å². The molecule has 4 atom stereocenters. The number of nitrogens with zero attached hydrogens (tertiary/aromatic N) is 2. The predicted molar refractivity (Wildman–Crippen MR) is 77.2 cm³/mol. The second kappa shape index (κ2) is 5.46. The van der Waals surface area contributed by atoms with Crippen LogP contribution in [0.2, 0.25) is 0 Å². The van der Waals surface area contributed by atoms with Gasteiger partial charge in [-0.05, 0) is 43.9 Å². The van der Waals surface area contributed by atoms with Crippen molar-refractivity contribution in [3.63, 3.8) is 0 Å². The molecule has 20 heavy (non-hydrogen) atoms. The largest absolute Gasteiger partial charge is 0.481 e. The summed E-state index contributed by atoms with van der Waals surface area (Å²) in [6.07, 6.45) is 5.58. The van der Waals surface area contributed by atoms with Crippen molar-refractivity contribution in [2.45, 2.75) is 38.6 Å². The molecule has 1 aromatic rings. The van der Waals surface area contributed by atoms with E-state index < -0.39 is 0 Å². The molecule has 2 aliphatic rings. The first-order chi connectivity index (χ1) is 9.69. The molecule has 1 aromatic heterocycles. The van der Waals surface area contributed by atoms with Crippen LogP contribution in [0.5, 0.6) is 11.8 Å². The minimum absolute atomic E-state index is 0.391. The van der Waals surface area contributed by atoms with Gasteiger partial charge in [-0.3, -0.25) is 0 Å². The first kappa shape index (κ1) is 13.5. The lowest BCUT2D eigenvalue weighted by atomic mass is 9.84. The Morgan fingerprint density at radius 1 is 1.15 bits per heavy atom. The van der Waals surface area contributed by atoms with Gasteiger partial charge in [-0.1, -0.05) is 6.42 Å². The SMILES string of the molecule is COc1cc(OC)nc(NC(C)C2CC3CCC2C3)n1. The van der Waals surface area contributed by atoms with Crippen molar-refractivity contribution in [2.24, 2.45) is 17.8 Å². The number of nitrogens with one attached hydrogen (secondary N) is 1. The van der Waals surface area contributed by atoms with Gasteiger partial charge in [0.25, 0.3) is 0 Å². The molecule has 0 amide bonds. The summed E-state index contributed by atoms with van der Waals surface area (Å²) in [6, 6.07) is 2.08. The van der Waals surface area contributed by atoms with E-state index in [1.807, 2.05) is 0 Å². The molecule has 2 aliphatic carbocycles. The van der Waals surface area contributed by atoms with Gasteiger partial charge in [-0.15, -0.1) is 0 Å². The van der Waals surface area contributed by atoms with Crippen molar-refractivity contribution in [3.05, 3.63) is 6.07 Å². The standard InChI is InChI=1S/C15H23N3O2/c1-9(12-7-10-4-5-11(12)6-10)16-15-17-13(19-2)8-14(18-15)20-3/h8-12H,4-7H2,1-3H3,(H,16,17,18). The minimum Gasteiger partial charge on any atom is -0.481 e. The molecule has 0 aromatic carbocycles. The highest BCUT2D eigenvalue weighted by Crippen LogP contribution is 2.49. The Kier molecular flexibility index (Phi) is 3.68. The lowest BCUT2D eigenvalue weighted by Crippen LogP contribution is -2.30. The minimum atomic E-state index is 0.391. The Balaban J connectivity index is 1.70. The van der Waals surface area contributed by atoms with Crippen molar-refractivity contribution in [1.82, 2.24) is 9.97 Å². The molecule has 2 fully saturated rings. The third kappa shape index (κ3) is 2.53. The molecule has 3 rings (SSSR count). The van der Waals surface area contributed by atoms with Gasteiger partial charge in [0.05, 0.1) is 20.3 Å². The molecule has 0 aliphatic heterocycles. The number of aromatic nitrogens is 2. The van der Waals surface area contributed by atoms with Crippen LogP contribution >= 0.6 is 0 Å². The average molecular weight is 277 g/mol. The summed E-state index contributed by atoms with van der Waals surface area (Å²) in [5, 5.41) is 3.44. The Morgan fingerprint density at radius 3 is 2.35 bits per heavy atom. The molecule has 5 heteroatoms. The van der Waals surface area contributed by atoms with E-state index in [1.54, 1.807) is 20.3 Å². The third-order valence-electron chi connectivity index (χ3n) is 4.89. The normalized spacial score (nSPS) is 29.2. The van der Waals surface area contributed by atoms with Crippen molar-refractivity contribution in [3.8, 4) is 11.8 Å². The summed E-state index contributed by atoms with van der Waals surface area (Å²) in [7, 11) is 3.20. The van der Waals surface area contributed by atoms with Gasteiger partial charge in [0, 0.05) is 6.04 Å². The molecule has 1 heterocycles. The summed E-state index contributed by atoms with van der Waals surface area (Å²) >= 11 is 0. The van der Waals surface area contributed by atoms with Crippen LogP contribution in [-0.2, 0) is 0 Å². The molecule has 1 N–H and O–H groups in total. The van der Waals surface area contributed by atoms with Gasteiger partial charge in [0.15, 0.2) is 0 Å². The molecule has 0 saturated heterocycles. The maximum Gasteiger partial charge on any atom is 0.229 e. The molecular weight excluding hydrogens is 254 g/mol. The van der Waals surface area contributed by atoms with Crippen molar-refractivity contribution in [2.75, 3.05) is 19.5 Å². The van der Waals surface area contributed by atoms with Crippen molar-refractivity contribution in [1.29, 1.82) is 0 Å². The van der Waals surface area contributed by atoms with E-state index in [0.29, 0.717) is 23.8 Å². The van der Waals surface area contributed by atoms with Crippen LogP contribution in [0.15, 0.2) is 6.07 Å². The second-order valence-electron chi connectivity index (χ2n) is 6.05. The van der Waals surface area contributed by atoms with Crippen molar-refractivity contribution < 1.29 is 9.47 Å². The Morgan fingerprint density at radius 2 is 1.85 bits per heavy atom. The molecule has 2 saturated carbocycles. The summed E-state index contributed by atoms with van der Waals surface area (Å²) in [6.45, 7) is 2.24. The van der Waals surface area contributed by atoms with E-state index in [0.717, 1.165) is 17.8 Å². The Hall–Kier alpha value is -1.52. The van der Waals surface area contributed by atoms with Crippen LogP contribution in [0.3, 0.4) is 0 Å². The van der Waals surface area contributed by atoms with Crippen LogP contribution < -0.4 is 14.8 Å². The number of fused-ring (bicyclic) bond motifs is 2. The molecule has 110 valence electrons. The maximum absolute atomic E-state index is 5.18. The third-order valence-corrected chi connectivity index (χ3v) is 4.89. The summed E-state index contributed by atoms with van der Waals surface area (Å²) in [5.41, 5.74) is 0.